The Morgan fingerprint density at radius 3 is 2.63 bits per heavy atom. The molecule has 0 N–H and O–H groups in total. The van der Waals surface area contributed by atoms with Gasteiger partial charge in [0.05, 0.1) is 13.3 Å². The minimum atomic E-state index is 0.710. The minimum absolute atomic E-state index is 0.710. The van der Waals surface area contributed by atoms with E-state index in [-0.39, 0.29) is 0 Å². The van der Waals surface area contributed by atoms with Gasteiger partial charge in [0.15, 0.2) is 0 Å². The van der Waals surface area contributed by atoms with Crippen LogP contribution in [0.2, 0.25) is 0 Å². The molecule has 0 atom stereocenters. The molecule has 2 rings (SSSR count). The summed E-state index contributed by atoms with van der Waals surface area (Å²) in [5, 5.41) is 0. The Morgan fingerprint density at radius 2 is 1.95 bits per heavy atom. The first kappa shape index (κ1) is 14.1. The first-order valence-electron chi connectivity index (χ1n) is 6.96. The molecule has 1 aliphatic rings. The Kier molecular flexibility index (Phi) is 5.43. The van der Waals surface area contributed by atoms with Crippen LogP contribution in [0.1, 0.15) is 25.3 Å². The van der Waals surface area contributed by atoms with Gasteiger partial charge < -0.3 is 9.47 Å². The fourth-order valence-corrected chi connectivity index (χ4v) is 2.40. The lowest BCUT2D eigenvalue weighted by Crippen LogP contribution is -2.32. The van der Waals surface area contributed by atoms with Gasteiger partial charge in [-0.15, -0.1) is 0 Å². The average Bonchev–Trinajstić information content (AvgIpc) is 2.44. The largest absolute Gasteiger partial charge is 0.493 e. The van der Waals surface area contributed by atoms with E-state index in [1.807, 2.05) is 19.1 Å². The fourth-order valence-electron chi connectivity index (χ4n) is 2.40. The molecule has 0 radical (unpaired) electrons. The molecule has 1 heterocycles. The zero-order chi connectivity index (χ0) is 13.5. The predicted octanol–water partition coefficient (Wildman–Crippen LogP) is 3.17. The van der Waals surface area contributed by atoms with E-state index >= 15 is 0 Å². The normalized spacial score (nSPS) is 16.4. The van der Waals surface area contributed by atoms with Crippen molar-refractivity contribution in [3.05, 3.63) is 35.4 Å². The molecule has 104 valence electrons. The van der Waals surface area contributed by atoms with E-state index in [0.29, 0.717) is 6.61 Å². The maximum atomic E-state index is 5.66. The monoisotopic (exact) mass is 261 g/mol. The van der Waals surface area contributed by atoms with Crippen molar-refractivity contribution in [1.82, 2.24) is 4.90 Å². The number of rotatable bonds is 5. The van der Waals surface area contributed by atoms with Crippen LogP contribution < -0.4 is 4.74 Å². The Labute approximate surface area is 115 Å². The van der Waals surface area contributed by atoms with E-state index in [9.17, 15) is 0 Å². The van der Waals surface area contributed by atoms with Crippen molar-refractivity contribution >= 4 is 6.08 Å². The Balaban J connectivity index is 2.02. The summed E-state index contributed by atoms with van der Waals surface area (Å²) >= 11 is 0. The van der Waals surface area contributed by atoms with Crippen molar-refractivity contribution in [2.45, 2.75) is 19.8 Å². The number of likely N-dealkylation sites (tertiary alicyclic amines) is 1. The highest BCUT2D eigenvalue weighted by molar-refractivity contribution is 5.59. The van der Waals surface area contributed by atoms with Gasteiger partial charge in [0.2, 0.25) is 0 Å². The van der Waals surface area contributed by atoms with Crippen molar-refractivity contribution in [1.29, 1.82) is 0 Å². The van der Waals surface area contributed by atoms with Gasteiger partial charge in [0.25, 0.3) is 0 Å². The zero-order valence-electron chi connectivity index (χ0n) is 11.9. The summed E-state index contributed by atoms with van der Waals surface area (Å²) < 4.78 is 10.8. The van der Waals surface area contributed by atoms with Crippen molar-refractivity contribution in [3.63, 3.8) is 0 Å². The predicted molar refractivity (Wildman–Crippen MR) is 78.3 cm³/mol. The van der Waals surface area contributed by atoms with Gasteiger partial charge in [-0.3, -0.25) is 4.90 Å². The number of para-hydroxylation sites is 1. The van der Waals surface area contributed by atoms with Gasteiger partial charge in [-0.05, 0) is 25.8 Å². The second kappa shape index (κ2) is 7.31. The maximum Gasteiger partial charge on any atom is 0.126 e. The molecule has 1 aliphatic heterocycles. The highest BCUT2D eigenvalue weighted by atomic mass is 16.5. The smallest absolute Gasteiger partial charge is 0.126 e. The number of hydrogen-bond acceptors (Lipinski definition) is 3. The molecule has 1 aromatic rings. The number of benzene rings is 1. The van der Waals surface area contributed by atoms with Gasteiger partial charge in [-0.1, -0.05) is 29.8 Å². The topological polar surface area (TPSA) is 21.7 Å². The van der Waals surface area contributed by atoms with Gasteiger partial charge in [-0.25, -0.2) is 0 Å². The maximum absolute atomic E-state index is 5.66. The number of piperidine rings is 1. The molecule has 1 fully saturated rings. The van der Waals surface area contributed by atoms with Crippen LogP contribution in [0.4, 0.5) is 0 Å². The minimum Gasteiger partial charge on any atom is -0.493 e. The van der Waals surface area contributed by atoms with Gasteiger partial charge in [0.1, 0.15) is 5.75 Å². The van der Waals surface area contributed by atoms with Crippen molar-refractivity contribution < 1.29 is 9.47 Å². The van der Waals surface area contributed by atoms with Crippen molar-refractivity contribution in [2.75, 3.05) is 33.5 Å². The quantitative estimate of drug-likeness (QED) is 0.812. The molecule has 1 saturated heterocycles. The molecule has 0 aromatic heterocycles. The molecular formula is C16H23NO2. The SMILES string of the molecule is CCOc1ccccc1C=C1CCN(COC)CC1. The summed E-state index contributed by atoms with van der Waals surface area (Å²) in [6.07, 6.45) is 4.52. The standard InChI is InChI=1S/C16H23NO2/c1-3-19-16-7-5-4-6-15(16)12-14-8-10-17(11-9-14)13-18-2/h4-7,12H,3,8-11,13H2,1-2H3. The zero-order valence-corrected chi connectivity index (χ0v) is 11.9. The first-order chi connectivity index (χ1) is 9.33. The van der Waals surface area contributed by atoms with Crippen molar-refractivity contribution in [3.8, 4) is 5.75 Å². The lowest BCUT2D eigenvalue weighted by Gasteiger charge is -2.27. The molecule has 0 unspecified atom stereocenters. The molecule has 0 amide bonds. The van der Waals surface area contributed by atoms with Gasteiger partial charge in [-0.2, -0.15) is 0 Å². The number of ether oxygens (including phenoxy) is 2. The molecule has 0 saturated carbocycles. The Bertz CT molecular complexity index is 419. The van der Waals surface area contributed by atoms with E-state index in [1.54, 1.807) is 7.11 Å². The lowest BCUT2D eigenvalue weighted by molar-refractivity contribution is 0.0583. The molecule has 0 spiro atoms. The third kappa shape index (κ3) is 4.08. The molecule has 1 aromatic carbocycles. The highest BCUT2D eigenvalue weighted by Gasteiger charge is 2.13. The number of methoxy groups -OCH3 is 1. The molecule has 0 bridgehead atoms. The molecular weight excluding hydrogens is 238 g/mol. The van der Waals surface area contributed by atoms with E-state index in [2.05, 4.69) is 23.1 Å². The van der Waals surface area contributed by atoms with Crippen LogP contribution in [-0.2, 0) is 4.74 Å². The van der Waals surface area contributed by atoms with E-state index < -0.39 is 0 Å². The number of nitrogens with zero attached hydrogens (tertiary/aromatic N) is 1. The third-order valence-electron chi connectivity index (χ3n) is 3.39. The summed E-state index contributed by atoms with van der Waals surface area (Å²) in [6, 6.07) is 8.25. The van der Waals surface area contributed by atoms with E-state index in [4.69, 9.17) is 9.47 Å². The Hall–Kier alpha value is -1.32. The second-order valence-electron chi connectivity index (χ2n) is 4.81. The van der Waals surface area contributed by atoms with E-state index in [1.165, 1.54) is 11.1 Å². The second-order valence-corrected chi connectivity index (χ2v) is 4.81. The number of hydrogen-bond donors (Lipinski definition) is 0. The van der Waals surface area contributed by atoms with Crippen molar-refractivity contribution in [2.24, 2.45) is 0 Å². The average molecular weight is 261 g/mol. The molecule has 3 nitrogen and oxygen atoms in total. The molecule has 19 heavy (non-hydrogen) atoms. The highest BCUT2D eigenvalue weighted by Crippen LogP contribution is 2.25. The van der Waals surface area contributed by atoms with Gasteiger partial charge >= 0.3 is 0 Å². The molecule has 3 heteroatoms. The summed E-state index contributed by atoms with van der Waals surface area (Å²) in [5.41, 5.74) is 2.69. The Morgan fingerprint density at radius 1 is 1.21 bits per heavy atom. The van der Waals surface area contributed by atoms with Crippen LogP contribution in [0.15, 0.2) is 29.8 Å². The van der Waals surface area contributed by atoms with Crippen LogP contribution >= 0.6 is 0 Å². The first-order valence-corrected chi connectivity index (χ1v) is 6.96. The third-order valence-corrected chi connectivity index (χ3v) is 3.39. The lowest BCUT2D eigenvalue weighted by atomic mass is 10.0. The summed E-state index contributed by atoms with van der Waals surface area (Å²) in [5.74, 6) is 0.983. The fraction of sp³-hybridized carbons (Fsp3) is 0.500. The summed E-state index contributed by atoms with van der Waals surface area (Å²) in [6.45, 7) is 5.63. The summed E-state index contributed by atoms with van der Waals surface area (Å²) in [4.78, 5) is 2.34. The van der Waals surface area contributed by atoms with Crippen LogP contribution in [0.5, 0.6) is 5.75 Å². The summed E-state index contributed by atoms with van der Waals surface area (Å²) in [7, 11) is 1.75. The van der Waals surface area contributed by atoms with Crippen LogP contribution in [0, 0.1) is 0 Å². The molecule has 0 aliphatic carbocycles. The van der Waals surface area contributed by atoms with E-state index in [0.717, 1.165) is 38.4 Å². The van der Waals surface area contributed by atoms with Crippen LogP contribution in [-0.4, -0.2) is 38.4 Å². The van der Waals surface area contributed by atoms with Crippen LogP contribution in [0.3, 0.4) is 0 Å². The van der Waals surface area contributed by atoms with Crippen LogP contribution in [0.25, 0.3) is 6.08 Å². The van der Waals surface area contributed by atoms with Gasteiger partial charge in [0, 0.05) is 25.8 Å².